The van der Waals surface area contributed by atoms with Crippen LogP contribution in [0.15, 0.2) is 0 Å². The van der Waals surface area contributed by atoms with Gasteiger partial charge in [0.2, 0.25) is 5.91 Å². The molecule has 0 aromatic rings. The fourth-order valence-electron chi connectivity index (χ4n) is 3.31. The van der Waals surface area contributed by atoms with Crippen LogP contribution in [0.1, 0.15) is 32.1 Å². The Bertz CT molecular complexity index is 353. The molecule has 1 saturated heterocycles. The van der Waals surface area contributed by atoms with Crippen molar-refractivity contribution in [3.8, 4) is 0 Å². The molecule has 2 aliphatic rings. The lowest BCUT2D eigenvalue weighted by Gasteiger charge is -2.34. The van der Waals surface area contributed by atoms with Crippen molar-refractivity contribution in [2.45, 2.75) is 38.2 Å². The van der Waals surface area contributed by atoms with Gasteiger partial charge in [-0.1, -0.05) is 6.42 Å². The topological polar surface area (TPSA) is 92.9 Å². The molecule has 2 atom stereocenters. The zero-order valence-electron chi connectivity index (χ0n) is 11.8. The van der Waals surface area contributed by atoms with Crippen molar-refractivity contribution in [3.05, 3.63) is 0 Å². The lowest BCUT2D eigenvalue weighted by Crippen LogP contribution is -2.45. The third-order valence-corrected chi connectivity index (χ3v) is 4.48. The van der Waals surface area contributed by atoms with Crippen molar-refractivity contribution in [3.63, 3.8) is 0 Å². The van der Waals surface area contributed by atoms with Gasteiger partial charge < -0.3 is 20.5 Å². The van der Waals surface area contributed by atoms with Crippen LogP contribution < -0.4 is 5.73 Å². The minimum atomic E-state index is -0.944. The van der Waals surface area contributed by atoms with Crippen molar-refractivity contribution < 1.29 is 19.4 Å². The summed E-state index contributed by atoms with van der Waals surface area (Å²) in [5.41, 5.74) is 5.74. The number of piperidine rings is 1. The second kappa shape index (κ2) is 7.04. The van der Waals surface area contributed by atoms with E-state index in [4.69, 9.17) is 15.6 Å². The Morgan fingerprint density at radius 1 is 1.20 bits per heavy atom. The number of nitrogens with two attached hydrogens (primary N) is 1. The molecule has 0 radical (unpaired) electrons. The molecule has 6 nitrogen and oxygen atoms in total. The summed E-state index contributed by atoms with van der Waals surface area (Å²) < 4.78 is 5.28. The second-order valence-electron chi connectivity index (χ2n) is 5.76. The summed E-state index contributed by atoms with van der Waals surface area (Å²) in [5, 5.41) is 8.58. The highest BCUT2D eigenvalue weighted by atomic mass is 16.5. The normalized spacial score (nSPS) is 27.8. The molecule has 2 unspecified atom stereocenters. The van der Waals surface area contributed by atoms with Gasteiger partial charge in [0.1, 0.15) is 6.61 Å². The van der Waals surface area contributed by atoms with Crippen LogP contribution in [-0.4, -0.2) is 54.2 Å². The van der Waals surface area contributed by atoms with E-state index in [2.05, 4.69) is 0 Å². The first-order chi connectivity index (χ1) is 9.61. The van der Waals surface area contributed by atoms with Crippen LogP contribution in [-0.2, 0) is 14.3 Å². The number of likely N-dealkylation sites (tertiary alicyclic amines) is 1. The summed E-state index contributed by atoms with van der Waals surface area (Å²) in [6.07, 6.45) is 4.51. The quantitative estimate of drug-likeness (QED) is 0.765. The van der Waals surface area contributed by atoms with Gasteiger partial charge in [0.15, 0.2) is 0 Å². The predicted molar refractivity (Wildman–Crippen MR) is 73.1 cm³/mol. The SMILES string of the molecule is NCC1CCCC1C(=O)N1CCC(OCC(=O)O)CC1. The van der Waals surface area contributed by atoms with E-state index in [1.807, 2.05) is 4.90 Å². The monoisotopic (exact) mass is 284 g/mol. The van der Waals surface area contributed by atoms with Crippen LogP contribution in [0.4, 0.5) is 0 Å². The van der Waals surface area contributed by atoms with Crippen molar-refractivity contribution >= 4 is 11.9 Å². The number of carbonyl (C=O) groups is 2. The van der Waals surface area contributed by atoms with Gasteiger partial charge in [0, 0.05) is 19.0 Å². The van der Waals surface area contributed by atoms with Gasteiger partial charge >= 0.3 is 5.97 Å². The molecule has 1 saturated carbocycles. The Kier molecular flexibility index (Phi) is 5.37. The van der Waals surface area contributed by atoms with Gasteiger partial charge in [-0.3, -0.25) is 4.79 Å². The molecular formula is C14H24N2O4. The van der Waals surface area contributed by atoms with Crippen molar-refractivity contribution in [2.24, 2.45) is 17.6 Å². The van der Waals surface area contributed by atoms with E-state index in [1.54, 1.807) is 0 Å². The van der Waals surface area contributed by atoms with E-state index in [0.29, 0.717) is 25.6 Å². The van der Waals surface area contributed by atoms with E-state index in [1.165, 1.54) is 0 Å². The largest absolute Gasteiger partial charge is 0.480 e. The number of hydrogen-bond acceptors (Lipinski definition) is 4. The third-order valence-electron chi connectivity index (χ3n) is 4.48. The van der Waals surface area contributed by atoms with Gasteiger partial charge in [0.25, 0.3) is 0 Å². The van der Waals surface area contributed by atoms with Crippen LogP contribution in [0.3, 0.4) is 0 Å². The molecule has 1 heterocycles. The molecular weight excluding hydrogens is 260 g/mol. The van der Waals surface area contributed by atoms with Gasteiger partial charge in [0.05, 0.1) is 6.10 Å². The highest BCUT2D eigenvalue weighted by Crippen LogP contribution is 2.33. The average molecular weight is 284 g/mol. The Labute approximate surface area is 119 Å². The van der Waals surface area contributed by atoms with Crippen LogP contribution in [0, 0.1) is 11.8 Å². The summed E-state index contributed by atoms with van der Waals surface area (Å²) in [5.74, 6) is -0.283. The zero-order valence-corrected chi connectivity index (χ0v) is 11.8. The van der Waals surface area contributed by atoms with Crippen molar-refractivity contribution in [2.75, 3.05) is 26.2 Å². The van der Waals surface area contributed by atoms with E-state index in [0.717, 1.165) is 32.1 Å². The first-order valence-electron chi connectivity index (χ1n) is 7.44. The second-order valence-corrected chi connectivity index (χ2v) is 5.76. The molecule has 0 aromatic carbocycles. The van der Waals surface area contributed by atoms with Crippen LogP contribution in [0.5, 0.6) is 0 Å². The number of ether oxygens (including phenoxy) is 1. The number of rotatable bonds is 5. The molecule has 1 amide bonds. The number of aliphatic carboxylic acids is 1. The summed E-state index contributed by atoms with van der Waals surface area (Å²) in [4.78, 5) is 24.8. The fourth-order valence-corrected chi connectivity index (χ4v) is 3.31. The third kappa shape index (κ3) is 3.70. The van der Waals surface area contributed by atoms with E-state index >= 15 is 0 Å². The maximum absolute atomic E-state index is 12.5. The fraction of sp³-hybridized carbons (Fsp3) is 0.857. The number of nitrogens with zero attached hydrogens (tertiary/aromatic N) is 1. The van der Waals surface area contributed by atoms with Gasteiger partial charge in [-0.25, -0.2) is 4.79 Å². The molecule has 6 heteroatoms. The number of carboxylic acid groups (broad SMARTS) is 1. The predicted octanol–water partition coefficient (Wildman–Crippen LogP) is 0.454. The molecule has 0 bridgehead atoms. The summed E-state index contributed by atoms with van der Waals surface area (Å²) in [6.45, 7) is 1.67. The molecule has 2 fully saturated rings. The smallest absolute Gasteiger partial charge is 0.329 e. The number of hydrogen-bond donors (Lipinski definition) is 2. The summed E-state index contributed by atoms with van der Waals surface area (Å²) in [7, 11) is 0. The highest BCUT2D eigenvalue weighted by molar-refractivity contribution is 5.79. The molecule has 0 spiro atoms. The molecule has 2 rings (SSSR count). The van der Waals surface area contributed by atoms with Gasteiger partial charge in [-0.05, 0) is 38.1 Å². The molecule has 0 aromatic heterocycles. The first-order valence-corrected chi connectivity index (χ1v) is 7.44. The van der Waals surface area contributed by atoms with Crippen LogP contribution >= 0.6 is 0 Å². The maximum Gasteiger partial charge on any atom is 0.329 e. The maximum atomic E-state index is 12.5. The highest BCUT2D eigenvalue weighted by Gasteiger charge is 2.35. The minimum absolute atomic E-state index is 0.0379. The molecule has 114 valence electrons. The lowest BCUT2D eigenvalue weighted by atomic mass is 9.93. The standard InChI is InChI=1S/C14H24N2O4/c15-8-10-2-1-3-12(10)14(19)16-6-4-11(5-7-16)20-9-13(17)18/h10-12H,1-9,15H2,(H,17,18). The Morgan fingerprint density at radius 3 is 2.50 bits per heavy atom. The number of carbonyl (C=O) groups excluding carboxylic acids is 1. The molecule has 3 N–H and O–H groups in total. The summed E-state index contributed by atoms with van der Waals surface area (Å²) >= 11 is 0. The minimum Gasteiger partial charge on any atom is -0.480 e. The van der Waals surface area contributed by atoms with E-state index in [-0.39, 0.29) is 24.5 Å². The number of amides is 1. The van der Waals surface area contributed by atoms with Crippen LogP contribution in [0.2, 0.25) is 0 Å². The Balaban J connectivity index is 1.78. The van der Waals surface area contributed by atoms with Gasteiger partial charge in [-0.2, -0.15) is 0 Å². The molecule has 20 heavy (non-hydrogen) atoms. The van der Waals surface area contributed by atoms with Crippen molar-refractivity contribution in [1.29, 1.82) is 0 Å². The average Bonchev–Trinajstić information content (AvgIpc) is 2.93. The Morgan fingerprint density at radius 2 is 1.90 bits per heavy atom. The number of carboxylic acids is 1. The van der Waals surface area contributed by atoms with Gasteiger partial charge in [-0.15, -0.1) is 0 Å². The molecule has 1 aliphatic carbocycles. The molecule has 1 aliphatic heterocycles. The Hall–Kier alpha value is -1.14. The van der Waals surface area contributed by atoms with E-state index < -0.39 is 5.97 Å². The van der Waals surface area contributed by atoms with Crippen LogP contribution in [0.25, 0.3) is 0 Å². The lowest BCUT2D eigenvalue weighted by molar-refractivity contribution is -0.147. The zero-order chi connectivity index (χ0) is 14.5. The first kappa shape index (κ1) is 15.3. The van der Waals surface area contributed by atoms with Crippen molar-refractivity contribution in [1.82, 2.24) is 4.90 Å². The van der Waals surface area contributed by atoms with E-state index in [9.17, 15) is 9.59 Å². The summed E-state index contributed by atoms with van der Waals surface area (Å²) in [6, 6.07) is 0.